The summed E-state index contributed by atoms with van der Waals surface area (Å²) in [6.45, 7) is 1.22. The maximum Gasteiger partial charge on any atom is 0.253 e. The summed E-state index contributed by atoms with van der Waals surface area (Å²) >= 11 is 0. The Kier molecular flexibility index (Phi) is 4.67. The molecule has 0 unspecified atom stereocenters. The molecular weight excluding hydrogens is 340 g/mol. The molecule has 0 spiro atoms. The predicted molar refractivity (Wildman–Crippen MR) is 100 cm³/mol. The van der Waals surface area contributed by atoms with Crippen molar-refractivity contribution in [1.29, 1.82) is 5.26 Å². The number of hydrogen-bond donors (Lipinski definition) is 0. The van der Waals surface area contributed by atoms with Crippen LogP contribution in [0.2, 0.25) is 0 Å². The molecule has 1 saturated heterocycles. The maximum absolute atomic E-state index is 12.6. The second-order valence-corrected chi connectivity index (χ2v) is 6.50. The summed E-state index contributed by atoms with van der Waals surface area (Å²) < 4.78 is 5.98. The summed E-state index contributed by atoms with van der Waals surface area (Å²) in [6.07, 6.45) is 3.12. The number of fused-ring (bicyclic) bond motifs is 1. The molecule has 3 aromatic rings. The van der Waals surface area contributed by atoms with Gasteiger partial charge in [0.05, 0.1) is 28.9 Å². The molecule has 1 aliphatic rings. The van der Waals surface area contributed by atoms with E-state index < -0.39 is 0 Å². The third-order valence-corrected chi connectivity index (χ3v) is 4.68. The molecule has 6 nitrogen and oxygen atoms in total. The number of ether oxygens (including phenoxy) is 1. The molecule has 0 saturated carbocycles. The van der Waals surface area contributed by atoms with Crippen LogP contribution in [-0.2, 0) is 0 Å². The molecule has 0 bridgehead atoms. The lowest BCUT2D eigenvalue weighted by atomic mass is 10.1. The van der Waals surface area contributed by atoms with Crippen molar-refractivity contribution in [2.45, 2.75) is 18.9 Å². The lowest BCUT2D eigenvalue weighted by molar-refractivity contribution is 0.0588. The fraction of sp³-hybridized carbons (Fsp3) is 0.238. The van der Waals surface area contributed by atoms with Crippen molar-refractivity contribution in [2.75, 3.05) is 13.1 Å². The van der Waals surface area contributed by atoms with Crippen molar-refractivity contribution in [3.63, 3.8) is 0 Å². The number of nitrogens with zero attached hydrogens (tertiary/aromatic N) is 4. The van der Waals surface area contributed by atoms with Crippen LogP contribution in [0, 0.1) is 11.3 Å². The molecule has 0 atom stereocenters. The van der Waals surface area contributed by atoms with Gasteiger partial charge in [-0.25, -0.2) is 9.97 Å². The van der Waals surface area contributed by atoms with Crippen molar-refractivity contribution in [1.82, 2.24) is 14.9 Å². The number of amides is 1. The number of benzene rings is 2. The Morgan fingerprint density at radius 2 is 1.89 bits per heavy atom. The van der Waals surface area contributed by atoms with Crippen molar-refractivity contribution in [3.05, 3.63) is 65.9 Å². The van der Waals surface area contributed by atoms with Crippen LogP contribution in [0.15, 0.2) is 54.7 Å². The normalized spacial score (nSPS) is 14.7. The van der Waals surface area contributed by atoms with Gasteiger partial charge in [-0.05, 0) is 30.3 Å². The van der Waals surface area contributed by atoms with Crippen molar-refractivity contribution < 1.29 is 9.53 Å². The smallest absolute Gasteiger partial charge is 0.253 e. The second-order valence-electron chi connectivity index (χ2n) is 6.50. The van der Waals surface area contributed by atoms with Gasteiger partial charge < -0.3 is 9.64 Å². The third kappa shape index (κ3) is 3.72. The predicted octanol–water partition coefficient (Wildman–Crippen LogP) is 3.19. The highest BCUT2D eigenvalue weighted by Gasteiger charge is 2.25. The number of rotatable bonds is 3. The van der Waals surface area contributed by atoms with E-state index in [4.69, 9.17) is 10.00 Å². The molecule has 27 heavy (non-hydrogen) atoms. The molecule has 0 N–H and O–H groups in total. The number of para-hydroxylation sites is 2. The zero-order valence-electron chi connectivity index (χ0n) is 14.7. The van der Waals surface area contributed by atoms with E-state index in [1.165, 1.54) is 0 Å². The number of likely N-dealkylation sites (tertiary alicyclic amines) is 1. The molecule has 0 aliphatic carbocycles. The van der Waals surface area contributed by atoms with Crippen molar-refractivity contribution in [2.24, 2.45) is 0 Å². The number of aromatic nitrogens is 2. The SMILES string of the molecule is N#Cc1cccc(C(=O)N2CCC(Oc3cnc4ccccc4n3)CC2)c1. The van der Waals surface area contributed by atoms with E-state index in [2.05, 4.69) is 16.0 Å². The quantitative estimate of drug-likeness (QED) is 0.718. The maximum atomic E-state index is 12.6. The van der Waals surface area contributed by atoms with Crippen LogP contribution < -0.4 is 4.74 Å². The summed E-state index contributed by atoms with van der Waals surface area (Å²) in [5, 5.41) is 8.99. The third-order valence-electron chi connectivity index (χ3n) is 4.68. The summed E-state index contributed by atoms with van der Waals surface area (Å²) in [4.78, 5) is 23.3. The minimum atomic E-state index is -0.0453. The standard InChI is InChI=1S/C21H18N4O2/c22-13-15-4-3-5-16(12-15)21(26)25-10-8-17(9-11-25)27-20-14-23-18-6-1-2-7-19(18)24-20/h1-7,12,14,17H,8-11H2. The Hall–Kier alpha value is -3.46. The molecule has 1 fully saturated rings. The number of carbonyl (C=O) groups excluding carboxylic acids is 1. The summed E-state index contributed by atoms with van der Waals surface area (Å²) in [5.41, 5.74) is 2.69. The molecule has 2 aromatic carbocycles. The van der Waals surface area contributed by atoms with E-state index >= 15 is 0 Å². The van der Waals surface area contributed by atoms with Gasteiger partial charge in [0, 0.05) is 31.5 Å². The van der Waals surface area contributed by atoms with Crippen LogP contribution in [-0.4, -0.2) is 40.0 Å². The molecule has 0 radical (unpaired) electrons. The Morgan fingerprint density at radius 3 is 2.67 bits per heavy atom. The molecule has 134 valence electrons. The average Bonchev–Trinajstić information content (AvgIpc) is 2.74. The van der Waals surface area contributed by atoms with Gasteiger partial charge in [-0.3, -0.25) is 4.79 Å². The first-order chi connectivity index (χ1) is 13.2. The first kappa shape index (κ1) is 17.0. The lowest BCUT2D eigenvalue weighted by Gasteiger charge is -2.32. The van der Waals surface area contributed by atoms with Gasteiger partial charge >= 0.3 is 0 Å². The van der Waals surface area contributed by atoms with Gasteiger partial charge in [0.25, 0.3) is 5.91 Å². The fourth-order valence-electron chi connectivity index (χ4n) is 3.25. The van der Waals surface area contributed by atoms with Crippen LogP contribution >= 0.6 is 0 Å². The van der Waals surface area contributed by atoms with Gasteiger partial charge in [0.2, 0.25) is 5.88 Å². The number of hydrogen-bond acceptors (Lipinski definition) is 5. The molecular formula is C21H18N4O2. The Balaban J connectivity index is 1.38. The number of nitriles is 1. The largest absolute Gasteiger partial charge is 0.473 e. The van der Waals surface area contributed by atoms with Crippen LogP contribution in [0.3, 0.4) is 0 Å². The second kappa shape index (κ2) is 7.42. The minimum absolute atomic E-state index is 0.00922. The topological polar surface area (TPSA) is 79.1 Å². The highest BCUT2D eigenvalue weighted by molar-refractivity contribution is 5.94. The summed E-state index contributed by atoms with van der Waals surface area (Å²) in [6, 6.07) is 16.6. The molecule has 2 heterocycles. The molecule has 1 aromatic heterocycles. The van der Waals surface area contributed by atoms with Crippen molar-refractivity contribution >= 4 is 16.9 Å². The van der Waals surface area contributed by atoms with E-state index in [9.17, 15) is 4.79 Å². The van der Waals surface area contributed by atoms with E-state index in [1.807, 2.05) is 29.2 Å². The zero-order chi connectivity index (χ0) is 18.6. The Morgan fingerprint density at radius 1 is 1.11 bits per heavy atom. The van der Waals surface area contributed by atoms with Gasteiger partial charge in [0.15, 0.2) is 0 Å². The number of carbonyl (C=O) groups is 1. The molecule has 1 aliphatic heterocycles. The molecule has 1 amide bonds. The van der Waals surface area contributed by atoms with E-state index in [0.717, 1.165) is 23.9 Å². The highest BCUT2D eigenvalue weighted by atomic mass is 16.5. The van der Waals surface area contributed by atoms with Crippen LogP contribution in [0.25, 0.3) is 11.0 Å². The average molecular weight is 358 g/mol. The number of piperidine rings is 1. The van der Waals surface area contributed by atoms with Gasteiger partial charge in [-0.2, -0.15) is 5.26 Å². The Bertz CT molecular complexity index is 1020. The van der Waals surface area contributed by atoms with Gasteiger partial charge in [0.1, 0.15) is 6.10 Å². The highest BCUT2D eigenvalue weighted by Crippen LogP contribution is 2.20. The lowest BCUT2D eigenvalue weighted by Crippen LogP contribution is -2.41. The molecule has 6 heteroatoms. The van der Waals surface area contributed by atoms with Gasteiger partial charge in [-0.1, -0.05) is 18.2 Å². The first-order valence-corrected chi connectivity index (χ1v) is 8.91. The van der Waals surface area contributed by atoms with Gasteiger partial charge in [-0.15, -0.1) is 0 Å². The van der Waals surface area contributed by atoms with Crippen molar-refractivity contribution in [3.8, 4) is 11.9 Å². The van der Waals surface area contributed by atoms with Crippen LogP contribution in [0.5, 0.6) is 5.88 Å². The fourth-order valence-corrected chi connectivity index (χ4v) is 3.25. The van der Waals surface area contributed by atoms with E-state index in [-0.39, 0.29) is 12.0 Å². The zero-order valence-corrected chi connectivity index (χ0v) is 14.7. The van der Waals surface area contributed by atoms with Crippen LogP contribution in [0.4, 0.5) is 0 Å². The summed E-state index contributed by atoms with van der Waals surface area (Å²) in [7, 11) is 0. The van der Waals surface area contributed by atoms with E-state index in [0.29, 0.717) is 30.1 Å². The first-order valence-electron chi connectivity index (χ1n) is 8.91. The summed E-state index contributed by atoms with van der Waals surface area (Å²) in [5.74, 6) is 0.469. The van der Waals surface area contributed by atoms with E-state index in [1.54, 1.807) is 30.5 Å². The Labute approximate surface area is 157 Å². The monoisotopic (exact) mass is 358 g/mol. The minimum Gasteiger partial charge on any atom is -0.473 e. The molecule has 4 rings (SSSR count). The van der Waals surface area contributed by atoms with Crippen LogP contribution in [0.1, 0.15) is 28.8 Å².